The molecule has 0 bridgehead atoms. The van der Waals surface area contributed by atoms with Crippen LogP contribution in [0.2, 0.25) is 0 Å². The van der Waals surface area contributed by atoms with E-state index in [1.807, 2.05) is 26.0 Å². The van der Waals surface area contributed by atoms with E-state index in [9.17, 15) is 0 Å². The van der Waals surface area contributed by atoms with Crippen LogP contribution in [-0.4, -0.2) is 10.2 Å². The summed E-state index contributed by atoms with van der Waals surface area (Å²) in [6.07, 6.45) is 7.11. The summed E-state index contributed by atoms with van der Waals surface area (Å²) in [5, 5.41) is 7.63. The lowest BCUT2D eigenvalue weighted by atomic mass is 10.3. The Morgan fingerprint density at radius 1 is 1.07 bits per heavy atom. The average molecular weight is 208 g/mol. The third-order valence-corrected chi connectivity index (χ3v) is 1.74. The second-order valence-corrected chi connectivity index (χ2v) is 2.62. The molecule has 0 fully saturated rings. The van der Waals surface area contributed by atoms with Crippen LogP contribution in [0.25, 0.3) is 12.2 Å². The van der Waals surface area contributed by atoms with Gasteiger partial charge in [0.1, 0.15) is 4.64 Å². The van der Waals surface area contributed by atoms with Gasteiger partial charge in [0.15, 0.2) is 0 Å². The Bertz CT molecular complexity index is 448. The van der Waals surface area contributed by atoms with Crippen LogP contribution in [0.4, 0.5) is 0 Å². The molecule has 1 aromatic rings. The molecule has 0 aromatic carbocycles. The minimum atomic E-state index is 0.683. The van der Waals surface area contributed by atoms with Crippen molar-refractivity contribution in [2.45, 2.75) is 13.8 Å². The molecule has 0 spiro atoms. The van der Waals surface area contributed by atoms with Crippen LogP contribution < -0.4 is 10.6 Å². The van der Waals surface area contributed by atoms with E-state index in [0.29, 0.717) is 4.64 Å². The van der Waals surface area contributed by atoms with Crippen LogP contribution >= 0.6 is 12.2 Å². The number of allylic oxidation sites excluding steroid dienone is 2. The molecule has 1 aromatic heterocycles. The van der Waals surface area contributed by atoms with E-state index >= 15 is 0 Å². The molecular formula is C11H16N2S. The van der Waals surface area contributed by atoms with E-state index in [0.717, 1.165) is 10.6 Å². The number of aromatic amines is 2. The fraction of sp³-hybridized carbons (Fsp3) is 0.182. The van der Waals surface area contributed by atoms with Crippen LogP contribution in [0, 0.1) is 4.64 Å². The predicted molar refractivity (Wildman–Crippen MR) is 65.9 cm³/mol. The number of hydrogen-bond donors (Lipinski definition) is 2. The molecule has 76 valence electrons. The highest BCUT2D eigenvalue weighted by Gasteiger charge is 1.86. The van der Waals surface area contributed by atoms with Gasteiger partial charge in [0.2, 0.25) is 0 Å². The Kier molecular flexibility index (Phi) is 6.41. The first-order valence-corrected chi connectivity index (χ1v) is 4.92. The van der Waals surface area contributed by atoms with Crippen molar-refractivity contribution >= 4 is 24.4 Å². The van der Waals surface area contributed by atoms with E-state index in [1.54, 1.807) is 12.2 Å². The van der Waals surface area contributed by atoms with Crippen molar-refractivity contribution in [1.29, 1.82) is 0 Å². The molecule has 0 aliphatic heterocycles. The van der Waals surface area contributed by atoms with Crippen molar-refractivity contribution in [2.75, 3.05) is 0 Å². The van der Waals surface area contributed by atoms with Crippen molar-refractivity contribution < 1.29 is 0 Å². The molecule has 0 amide bonds. The lowest BCUT2D eigenvalue weighted by Gasteiger charge is -1.73. The monoisotopic (exact) mass is 208 g/mol. The molecule has 1 heterocycles. The van der Waals surface area contributed by atoms with Gasteiger partial charge in [-0.15, -0.1) is 0 Å². The molecule has 0 unspecified atom stereocenters. The van der Waals surface area contributed by atoms with Gasteiger partial charge in [0.25, 0.3) is 0 Å². The minimum absolute atomic E-state index is 0.683. The quantitative estimate of drug-likeness (QED) is 0.716. The first-order valence-electron chi connectivity index (χ1n) is 4.51. The number of H-pyrrole nitrogens is 2. The standard InChI is InChI=1S/C9H10N2S.C2H6/c1-3-5-7-8(6-4-2)10-11-9(7)12;1-2/h3-6,10H,1-2H2,(H,11,12);1-2H3/b7-5+,8-6+;. The molecule has 0 radical (unpaired) electrons. The van der Waals surface area contributed by atoms with Crippen molar-refractivity contribution in [2.24, 2.45) is 0 Å². The molecular weight excluding hydrogens is 192 g/mol. The first kappa shape index (κ1) is 12.7. The molecule has 2 nitrogen and oxygen atoms in total. The summed E-state index contributed by atoms with van der Waals surface area (Å²) in [4.78, 5) is 0. The lowest BCUT2D eigenvalue weighted by Crippen LogP contribution is -2.22. The summed E-state index contributed by atoms with van der Waals surface area (Å²) < 4.78 is 0.683. The Balaban J connectivity index is 0.000000791. The largest absolute Gasteiger partial charge is 0.299 e. The van der Waals surface area contributed by atoms with Crippen molar-refractivity contribution in [3.8, 4) is 0 Å². The van der Waals surface area contributed by atoms with Crippen LogP contribution in [0.5, 0.6) is 0 Å². The number of aromatic nitrogens is 2. The third-order valence-electron chi connectivity index (χ3n) is 1.41. The smallest absolute Gasteiger partial charge is 0.127 e. The van der Waals surface area contributed by atoms with Gasteiger partial charge in [-0.3, -0.25) is 10.2 Å². The Hall–Kier alpha value is -1.35. The maximum atomic E-state index is 5.03. The first-order chi connectivity index (χ1) is 6.79. The van der Waals surface area contributed by atoms with Gasteiger partial charge in [-0.25, -0.2) is 0 Å². The van der Waals surface area contributed by atoms with Gasteiger partial charge in [0.05, 0.1) is 5.35 Å². The summed E-state index contributed by atoms with van der Waals surface area (Å²) in [6, 6.07) is 0. The van der Waals surface area contributed by atoms with Crippen LogP contribution in [0.1, 0.15) is 13.8 Å². The highest BCUT2D eigenvalue weighted by atomic mass is 32.1. The highest BCUT2D eigenvalue weighted by molar-refractivity contribution is 7.71. The predicted octanol–water partition coefficient (Wildman–Crippen LogP) is 2.03. The molecule has 14 heavy (non-hydrogen) atoms. The van der Waals surface area contributed by atoms with Gasteiger partial charge in [-0.1, -0.05) is 57.5 Å². The summed E-state index contributed by atoms with van der Waals surface area (Å²) in [5.41, 5.74) is 0. The lowest BCUT2D eigenvalue weighted by molar-refractivity contribution is 1.05. The summed E-state index contributed by atoms with van der Waals surface area (Å²) in [7, 11) is 0. The third kappa shape index (κ3) is 3.18. The van der Waals surface area contributed by atoms with Gasteiger partial charge in [-0.05, 0) is 6.08 Å². The zero-order valence-corrected chi connectivity index (χ0v) is 9.45. The fourth-order valence-electron chi connectivity index (χ4n) is 0.914. The Labute approximate surface area is 89.4 Å². The topological polar surface area (TPSA) is 31.6 Å². The Morgan fingerprint density at radius 2 is 1.64 bits per heavy atom. The van der Waals surface area contributed by atoms with E-state index in [4.69, 9.17) is 12.2 Å². The zero-order valence-electron chi connectivity index (χ0n) is 8.63. The average Bonchev–Trinajstić information content (AvgIpc) is 2.54. The van der Waals surface area contributed by atoms with Crippen LogP contribution in [-0.2, 0) is 0 Å². The molecule has 0 saturated carbocycles. The normalized spacial score (nSPS) is 11.9. The molecule has 0 aliphatic carbocycles. The van der Waals surface area contributed by atoms with Gasteiger partial charge < -0.3 is 0 Å². The number of nitrogens with one attached hydrogen (secondary N) is 2. The maximum Gasteiger partial charge on any atom is 0.127 e. The van der Waals surface area contributed by atoms with Crippen molar-refractivity contribution in [3.05, 3.63) is 40.5 Å². The molecule has 1 rings (SSSR count). The second kappa shape index (κ2) is 7.09. The zero-order chi connectivity index (χ0) is 11.0. The van der Waals surface area contributed by atoms with Crippen molar-refractivity contribution in [1.82, 2.24) is 10.2 Å². The number of hydrogen-bond acceptors (Lipinski definition) is 1. The summed E-state index contributed by atoms with van der Waals surface area (Å²) >= 11 is 5.03. The van der Waals surface area contributed by atoms with E-state index in [2.05, 4.69) is 23.4 Å². The Morgan fingerprint density at radius 3 is 2.14 bits per heavy atom. The molecule has 3 heteroatoms. The fourth-order valence-corrected chi connectivity index (χ4v) is 1.14. The highest BCUT2D eigenvalue weighted by Crippen LogP contribution is 1.70. The van der Waals surface area contributed by atoms with Gasteiger partial charge in [-0.2, -0.15) is 0 Å². The molecule has 0 aliphatic rings. The minimum Gasteiger partial charge on any atom is -0.299 e. The van der Waals surface area contributed by atoms with Crippen LogP contribution in [0.3, 0.4) is 0 Å². The SMILES string of the molecule is C=C/C=c1/[nH][nH]c(=S)/c1=C/C=C.CC. The van der Waals surface area contributed by atoms with E-state index in [1.165, 1.54) is 0 Å². The molecule has 0 atom stereocenters. The van der Waals surface area contributed by atoms with Crippen molar-refractivity contribution in [3.63, 3.8) is 0 Å². The number of rotatable bonds is 2. The van der Waals surface area contributed by atoms with Gasteiger partial charge in [0, 0.05) is 5.22 Å². The van der Waals surface area contributed by atoms with Crippen LogP contribution in [0.15, 0.2) is 25.3 Å². The van der Waals surface area contributed by atoms with E-state index in [-0.39, 0.29) is 0 Å². The molecule has 0 saturated heterocycles. The summed E-state index contributed by atoms with van der Waals surface area (Å²) in [5.74, 6) is 0. The van der Waals surface area contributed by atoms with Gasteiger partial charge >= 0.3 is 0 Å². The summed E-state index contributed by atoms with van der Waals surface area (Å²) in [6.45, 7) is 11.2. The maximum absolute atomic E-state index is 5.03. The van der Waals surface area contributed by atoms with E-state index < -0.39 is 0 Å². The second-order valence-electron chi connectivity index (χ2n) is 2.21. The molecule has 2 N–H and O–H groups in total.